The summed E-state index contributed by atoms with van der Waals surface area (Å²) in [5.74, 6) is 5.84. The lowest BCUT2D eigenvalue weighted by molar-refractivity contribution is 0.0678. The van der Waals surface area contributed by atoms with Gasteiger partial charge in [0, 0.05) is 6.42 Å². The van der Waals surface area contributed by atoms with Crippen LogP contribution in [0.15, 0.2) is 0 Å². The van der Waals surface area contributed by atoms with E-state index in [1.54, 1.807) is 0 Å². The highest BCUT2D eigenvalue weighted by atomic mass is 16.3. The summed E-state index contributed by atoms with van der Waals surface area (Å²) in [6.07, 6.45) is 2.36. The highest BCUT2D eigenvalue weighted by Gasteiger charge is 2.25. The Bertz CT molecular complexity index is 172. The summed E-state index contributed by atoms with van der Waals surface area (Å²) in [5.41, 5.74) is -0.693. The second-order valence-corrected chi connectivity index (χ2v) is 2.94. The van der Waals surface area contributed by atoms with E-state index in [1.165, 1.54) is 0 Å². The van der Waals surface area contributed by atoms with Crippen LogP contribution in [0.1, 0.15) is 26.2 Å². The Balaban J connectivity index is 2.49. The minimum Gasteiger partial charge on any atom is -0.378 e. The van der Waals surface area contributed by atoms with Crippen LogP contribution in [0, 0.1) is 11.8 Å². The normalized spacial score (nSPS) is 22.0. The van der Waals surface area contributed by atoms with Crippen molar-refractivity contribution in [2.75, 3.05) is 13.1 Å². The van der Waals surface area contributed by atoms with Crippen LogP contribution in [0.3, 0.4) is 0 Å². The molecule has 0 bridgehead atoms. The van der Waals surface area contributed by atoms with Gasteiger partial charge in [0.05, 0.1) is 0 Å². The zero-order valence-electron chi connectivity index (χ0n) is 6.98. The van der Waals surface area contributed by atoms with Crippen LogP contribution < -0.4 is 5.32 Å². The highest BCUT2D eigenvalue weighted by Crippen LogP contribution is 2.16. The second kappa shape index (κ2) is 3.75. The summed E-state index contributed by atoms with van der Waals surface area (Å²) in [6, 6.07) is 0. The number of hydrogen-bond acceptors (Lipinski definition) is 2. The molecule has 0 unspecified atom stereocenters. The average Bonchev–Trinajstić information content (AvgIpc) is 2.03. The topological polar surface area (TPSA) is 32.3 Å². The molecule has 1 aliphatic heterocycles. The van der Waals surface area contributed by atoms with Crippen molar-refractivity contribution in [1.82, 2.24) is 5.32 Å². The van der Waals surface area contributed by atoms with E-state index in [1.807, 2.05) is 6.92 Å². The summed E-state index contributed by atoms with van der Waals surface area (Å²) in [5, 5.41) is 13.0. The Hall–Kier alpha value is -0.520. The van der Waals surface area contributed by atoms with Crippen LogP contribution in [0.5, 0.6) is 0 Å². The van der Waals surface area contributed by atoms with Crippen molar-refractivity contribution >= 4 is 0 Å². The van der Waals surface area contributed by atoms with Gasteiger partial charge in [-0.25, -0.2) is 0 Å². The van der Waals surface area contributed by atoms with Gasteiger partial charge in [-0.15, -0.1) is 5.92 Å². The number of hydrogen-bond donors (Lipinski definition) is 2. The van der Waals surface area contributed by atoms with Gasteiger partial charge in [-0.2, -0.15) is 0 Å². The van der Waals surface area contributed by atoms with Crippen LogP contribution >= 0.6 is 0 Å². The maximum absolute atomic E-state index is 9.79. The molecular formula is C9H15NO. The molecule has 1 fully saturated rings. The van der Waals surface area contributed by atoms with Crippen molar-refractivity contribution in [2.24, 2.45) is 0 Å². The molecule has 0 aromatic carbocycles. The predicted molar refractivity (Wildman–Crippen MR) is 45.1 cm³/mol. The van der Waals surface area contributed by atoms with Gasteiger partial charge >= 0.3 is 0 Å². The fourth-order valence-electron chi connectivity index (χ4n) is 1.22. The first-order valence-electron chi connectivity index (χ1n) is 4.20. The van der Waals surface area contributed by atoms with E-state index >= 15 is 0 Å². The van der Waals surface area contributed by atoms with Crippen molar-refractivity contribution in [3.63, 3.8) is 0 Å². The maximum Gasteiger partial charge on any atom is 0.127 e. The van der Waals surface area contributed by atoms with E-state index in [9.17, 15) is 5.11 Å². The third kappa shape index (κ3) is 2.53. The van der Waals surface area contributed by atoms with E-state index < -0.39 is 5.60 Å². The lowest BCUT2D eigenvalue weighted by atomic mass is 9.93. The minimum absolute atomic E-state index is 0.693. The van der Waals surface area contributed by atoms with Gasteiger partial charge < -0.3 is 10.4 Å². The Morgan fingerprint density at radius 1 is 1.45 bits per heavy atom. The standard InChI is InChI=1S/C9H15NO/c1-2-3-4-9(11)5-7-10-8-6-9/h10-11H,2,5-8H2,1H3. The molecule has 0 spiro atoms. The predicted octanol–water partition coefficient (Wildman–Crippen LogP) is 0.514. The van der Waals surface area contributed by atoms with Crippen LogP contribution in [-0.2, 0) is 0 Å². The molecule has 2 N–H and O–H groups in total. The van der Waals surface area contributed by atoms with Crippen molar-refractivity contribution in [1.29, 1.82) is 0 Å². The third-order valence-electron chi connectivity index (χ3n) is 1.93. The summed E-state index contributed by atoms with van der Waals surface area (Å²) in [4.78, 5) is 0. The zero-order valence-corrected chi connectivity index (χ0v) is 6.98. The maximum atomic E-state index is 9.79. The first kappa shape index (κ1) is 8.58. The Kier molecular flexibility index (Phi) is 2.92. The summed E-state index contributed by atoms with van der Waals surface area (Å²) < 4.78 is 0. The largest absolute Gasteiger partial charge is 0.378 e. The van der Waals surface area contributed by atoms with Gasteiger partial charge in [0.25, 0.3) is 0 Å². The lowest BCUT2D eigenvalue weighted by Gasteiger charge is -2.27. The molecule has 1 saturated heterocycles. The summed E-state index contributed by atoms with van der Waals surface area (Å²) in [7, 11) is 0. The average molecular weight is 153 g/mol. The molecule has 11 heavy (non-hydrogen) atoms. The van der Waals surface area contributed by atoms with Crippen molar-refractivity contribution in [2.45, 2.75) is 31.8 Å². The van der Waals surface area contributed by atoms with Crippen molar-refractivity contribution in [3.8, 4) is 11.8 Å². The smallest absolute Gasteiger partial charge is 0.127 e. The lowest BCUT2D eigenvalue weighted by Crippen LogP contribution is -2.40. The molecular weight excluding hydrogens is 138 g/mol. The Morgan fingerprint density at radius 3 is 2.64 bits per heavy atom. The molecule has 2 nitrogen and oxygen atoms in total. The fraction of sp³-hybridized carbons (Fsp3) is 0.778. The van der Waals surface area contributed by atoms with Crippen LogP contribution in [0.25, 0.3) is 0 Å². The zero-order chi connectivity index (χ0) is 8.16. The molecule has 0 saturated carbocycles. The van der Waals surface area contributed by atoms with Crippen molar-refractivity contribution < 1.29 is 5.11 Å². The van der Waals surface area contributed by atoms with Gasteiger partial charge in [0.15, 0.2) is 0 Å². The molecule has 0 aliphatic carbocycles. The Morgan fingerprint density at radius 2 is 2.09 bits per heavy atom. The molecule has 0 amide bonds. The molecule has 0 aromatic rings. The highest BCUT2D eigenvalue weighted by molar-refractivity contribution is 5.14. The first-order valence-corrected chi connectivity index (χ1v) is 4.20. The van der Waals surface area contributed by atoms with E-state index in [4.69, 9.17) is 0 Å². The third-order valence-corrected chi connectivity index (χ3v) is 1.93. The van der Waals surface area contributed by atoms with Gasteiger partial charge in [-0.05, 0) is 25.9 Å². The number of nitrogens with one attached hydrogen (secondary N) is 1. The number of rotatable bonds is 0. The summed E-state index contributed by atoms with van der Waals surface area (Å²) in [6.45, 7) is 3.77. The second-order valence-electron chi connectivity index (χ2n) is 2.94. The molecule has 2 heteroatoms. The van der Waals surface area contributed by atoms with Crippen LogP contribution in [-0.4, -0.2) is 23.8 Å². The minimum atomic E-state index is -0.693. The molecule has 1 aliphatic rings. The summed E-state index contributed by atoms with van der Waals surface area (Å²) >= 11 is 0. The SMILES string of the molecule is CCC#CC1(O)CCNCC1. The van der Waals surface area contributed by atoms with Gasteiger partial charge in [-0.1, -0.05) is 12.8 Å². The van der Waals surface area contributed by atoms with E-state index in [2.05, 4.69) is 17.2 Å². The molecule has 0 radical (unpaired) electrons. The van der Waals surface area contributed by atoms with E-state index in [-0.39, 0.29) is 0 Å². The van der Waals surface area contributed by atoms with E-state index in [0.29, 0.717) is 0 Å². The molecule has 62 valence electrons. The quantitative estimate of drug-likeness (QED) is 0.497. The Labute approximate surface area is 68.0 Å². The van der Waals surface area contributed by atoms with Gasteiger partial charge in [0.2, 0.25) is 0 Å². The first-order chi connectivity index (χ1) is 5.27. The fourth-order valence-corrected chi connectivity index (χ4v) is 1.22. The van der Waals surface area contributed by atoms with Crippen LogP contribution in [0.4, 0.5) is 0 Å². The van der Waals surface area contributed by atoms with E-state index in [0.717, 1.165) is 32.4 Å². The van der Waals surface area contributed by atoms with Gasteiger partial charge in [-0.3, -0.25) is 0 Å². The number of piperidine rings is 1. The molecule has 1 rings (SSSR count). The monoisotopic (exact) mass is 153 g/mol. The van der Waals surface area contributed by atoms with Crippen molar-refractivity contribution in [3.05, 3.63) is 0 Å². The number of aliphatic hydroxyl groups is 1. The van der Waals surface area contributed by atoms with Crippen LogP contribution in [0.2, 0.25) is 0 Å². The van der Waals surface area contributed by atoms with Gasteiger partial charge in [0.1, 0.15) is 5.60 Å². The molecule has 0 aromatic heterocycles. The molecule has 0 atom stereocenters. The molecule has 1 heterocycles.